The van der Waals surface area contributed by atoms with Gasteiger partial charge in [-0.25, -0.2) is 9.59 Å². The van der Waals surface area contributed by atoms with E-state index in [1.165, 1.54) is 50.0 Å². The Hall–Kier alpha value is -2.86. The van der Waals surface area contributed by atoms with Crippen molar-refractivity contribution in [2.24, 2.45) is 5.92 Å². The van der Waals surface area contributed by atoms with Gasteiger partial charge in [0, 0.05) is 5.69 Å². The van der Waals surface area contributed by atoms with Crippen molar-refractivity contribution in [3.05, 3.63) is 65.2 Å². The largest absolute Gasteiger partial charge is 0.478 e. The second kappa shape index (κ2) is 9.58. The molecule has 0 amide bonds. The van der Waals surface area contributed by atoms with E-state index in [4.69, 9.17) is 15.9 Å². The fourth-order valence-corrected chi connectivity index (χ4v) is 2.91. The molecule has 0 radical (unpaired) electrons. The molecule has 0 bridgehead atoms. The number of benzene rings is 2. The summed E-state index contributed by atoms with van der Waals surface area (Å²) in [4.78, 5) is 21.0. The highest BCUT2D eigenvalue weighted by atomic mass is 16.4. The summed E-state index contributed by atoms with van der Waals surface area (Å²) < 4.78 is 0. The lowest BCUT2D eigenvalue weighted by atomic mass is 9.91. The van der Waals surface area contributed by atoms with Crippen LogP contribution in [-0.4, -0.2) is 35.2 Å². The number of rotatable bonds is 4. The van der Waals surface area contributed by atoms with E-state index in [-0.39, 0.29) is 16.8 Å². The third kappa shape index (κ3) is 5.89. The van der Waals surface area contributed by atoms with Crippen LogP contribution in [0.1, 0.15) is 39.1 Å². The van der Waals surface area contributed by atoms with Gasteiger partial charge in [-0.3, -0.25) is 0 Å². The number of carboxylic acid groups (broad SMARTS) is 2. The molecule has 138 valence electrons. The van der Waals surface area contributed by atoms with Gasteiger partial charge < -0.3 is 21.3 Å². The molecule has 1 aliphatic heterocycles. The van der Waals surface area contributed by atoms with Crippen LogP contribution >= 0.6 is 0 Å². The van der Waals surface area contributed by atoms with Gasteiger partial charge in [0.25, 0.3) is 0 Å². The smallest absolute Gasteiger partial charge is 0.337 e. The number of carbonyl (C=O) groups is 2. The average molecular weight is 356 g/mol. The first-order chi connectivity index (χ1) is 12.5. The normalized spacial score (nSPS) is 14.2. The Morgan fingerprint density at radius 2 is 1.65 bits per heavy atom. The number of aromatic carboxylic acids is 2. The Bertz CT molecular complexity index is 741. The Kier molecular flexibility index (Phi) is 7.17. The summed E-state index contributed by atoms with van der Waals surface area (Å²) in [5.41, 5.74) is 6.58. The van der Waals surface area contributed by atoms with Crippen molar-refractivity contribution in [1.82, 2.24) is 5.32 Å². The lowest BCUT2D eigenvalue weighted by Gasteiger charge is -2.22. The molecule has 0 atom stereocenters. The van der Waals surface area contributed by atoms with Crippen LogP contribution < -0.4 is 11.1 Å². The Labute approximate surface area is 152 Å². The van der Waals surface area contributed by atoms with Crippen molar-refractivity contribution in [2.45, 2.75) is 19.3 Å². The molecular formula is C20H24N2O4. The number of anilines is 1. The number of carboxylic acids is 2. The summed E-state index contributed by atoms with van der Waals surface area (Å²) in [5.74, 6) is -1.51. The zero-order valence-corrected chi connectivity index (χ0v) is 14.5. The van der Waals surface area contributed by atoms with E-state index < -0.39 is 11.9 Å². The van der Waals surface area contributed by atoms with E-state index in [0.29, 0.717) is 0 Å². The topological polar surface area (TPSA) is 113 Å². The molecule has 2 aromatic rings. The van der Waals surface area contributed by atoms with E-state index in [1.807, 2.05) is 0 Å². The molecule has 1 fully saturated rings. The molecule has 0 spiro atoms. The molecular weight excluding hydrogens is 332 g/mol. The summed E-state index contributed by atoms with van der Waals surface area (Å²) in [6.07, 6.45) is 3.95. The van der Waals surface area contributed by atoms with E-state index in [9.17, 15) is 9.59 Å². The predicted octanol–water partition coefficient (Wildman–Crippen LogP) is 2.89. The SMILES string of the molecule is Nc1ccc(C(=O)O)cc1C(=O)O.c1ccc(CC2CCNCC2)cc1. The van der Waals surface area contributed by atoms with Gasteiger partial charge in [0.1, 0.15) is 0 Å². The Morgan fingerprint density at radius 1 is 1.00 bits per heavy atom. The maximum Gasteiger partial charge on any atom is 0.337 e. The molecule has 1 aliphatic rings. The quantitative estimate of drug-likeness (QED) is 0.627. The van der Waals surface area contributed by atoms with Crippen molar-refractivity contribution >= 4 is 17.6 Å². The first-order valence-electron chi connectivity index (χ1n) is 8.58. The summed E-state index contributed by atoms with van der Waals surface area (Å²) in [6, 6.07) is 14.4. The molecule has 0 unspecified atom stereocenters. The number of nitrogens with two attached hydrogens (primary N) is 1. The van der Waals surface area contributed by atoms with Crippen molar-refractivity contribution in [1.29, 1.82) is 0 Å². The maximum absolute atomic E-state index is 10.5. The van der Waals surface area contributed by atoms with Gasteiger partial charge in [-0.15, -0.1) is 0 Å². The number of hydrogen-bond acceptors (Lipinski definition) is 4. The maximum atomic E-state index is 10.5. The van der Waals surface area contributed by atoms with Gasteiger partial charge >= 0.3 is 11.9 Å². The van der Waals surface area contributed by atoms with Crippen molar-refractivity contribution in [2.75, 3.05) is 18.8 Å². The zero-order valence-electron chi connectivity index (χ0n) is 14.5. The van der Waals surface area contributed by atoms with Crippen molar-refractivity contribution in [3.8, 4) is 0 Å². The van der Waals surface area contributed by atoms with Gasteiger partial charge in [0.2, 0.25) is 0 Å². The standard InChI is InChI=1S/C12H17N.C8H7NO4/c1-2-4-11(5-3-1)10-12-6-8-13-9-7-12;9-6-2-1-4(7(10)11)3-5(6)8(12)13/h1-5,12-13H,6-10H2;1-3H,9H2,(H,10,11)(H,12,13). The van der Waals surface area contributed by atoms with E-state index in [0.717, 1.165) is 12.0 Å². The first kappa shape index (κ1) is 19.5. The lowest BCUT2D eigenvalue weighted by Crippen LogP contribution is -2.28. The van der Waals surface area contributed by atoms with Gasteiger partial charge in [0.05, 0.1) is 11.1 Å². The van der Waals surface area contributed by atoms with Crippen LogP contribution in [0.25, 0.3) is 0 Å². The summed E-state index contributed by atoms with van der Waals surface area (Å²) in [6.45, 7) is 2.41. The fraction of sp³-hybridized carbons (Fsp3) is 0.300. The van der Waals surface area contributed by atoms with Gasteiger partial charge in [0.15, 0.2) is 0 Å². The molecule has 6 heteroatoms. The molecule has 1 heterocycles. The molecule has 0 aromatic heterocycles. The average Bonchev–Trinajstić information content (AvgIpc) is 2.64. The van der Waals surface area contributed by atoms with Crippen LogP contribution in [0.15, 0.2) is 48.5 Å². The molecule has 3 rings (SSSR count). The summed E-state index contributed by atoms with van der Waals surface area (Å²) in [5, 5.41) is 20.5. The minimum absolute atomic E-state index is 0.0532. The highest BCUT2D eigenvalue weighted by Gasteiger charge is 2.13. The fourth-order valence-electron chi connectivity index (χ4n) is 2.91. The van der Waals surface area contributed by atoms with Crippen LogP contribution in [0.5, 0.6) is 0 Å². The lowest BCUT2D eigenvalue weighted by molar-refractivity contribution is 0.0696. The van der Waals surface area contributed by atoms with Gasteiger partial charge in [-0.1, -0.05) is 30.3 Å². The van der Waals surface area contributed by atoms with Crippen LogP contribution in [0.4, 0.5) is 5.69 Å². The van der Waals surface area contributed by atoms with E-state index in [2.05, 4.69) is 35.6 Å². The highest BCUT2D eigenvalue weighted by Crippen LogP contribution is 2.17. The molecule has 6 nitrogen and oxygen atoms in total. The zero-order chi connectivity index (χ0) is 18.9. The third-order valence-electron chi connectivity index (χ3n) is 4.36. The molecule has 0 aliphatic carbocycles. The predicted molar refractivity (Wildman–Crippen MR) is 101 cm³/mol. The van der Waals surface area contributed by atoms with Crippen molar-refractivity contribution < 1.29 is 19.8 Å². The molecule has 5 N–H and O–H groups in total. The second-order valence-corrected chi connectivity index (χ2v) is 6.30. The minimum atomic E-state index is -1.24. The van der Waals surface area contributed by atoms with E-state index in [1.54, 1.807) is 0 Å². The molecule has 26 heavy (non-hydrogen) atoms. The summed E-state index contributed by atoms with van der Waals surface area (Å²) >= 11 is 0. The van der Waals surface area contributed by atoms with Gasteiger partial charge in [-0.05, 0) is 62.0 Å². The molecule has 1 saturated heterocycles. The first-order valence-corrected chi connectivity index (χ1v) is 8.58. The monoisotopic (exact) mass is 356 g/mol. The number of nitrogens with one attached hydrogen (secondary N) is 1. The summed E-state index contributed by atoms with van der Waals surface area (Å²) in [7, 11) is 0. The van der Waals surface area contributed by atoms with Crippen LogP contribution in [0, 0.1) is 5.92 Å². The van der Waals surface area contributed by atoms with Gasteiger partial charge in [-0.2, -0.15) is 0 Å². The van der Waals surface area contributed by atoms with Crippen molar-refractivity contribution in [3.63, 3.8) is 0 Å². The third-order valence-corrected chi connectivity index (χ3v) is 4.36. The molecule has 0 saturated carbocycles. The second-order valence-electron chi connectivity index (χ2n) is 6.30. The van der Waals surface area contributed by atoms with Crippen LogP contribution in [-0.2, 0) is 6.42 Å². The Morgan fingerprint density at radius 3 is 2.23 bits per heavy atom. The molecule has 2 aromatic carbocycles. The number of hydrogen-bond donors (Lipinski definition) is 4. The number of nitrogen functional groups attached to an aromatic ring is 1. The number of piperidine rings is 1. The minimum Gasteiger partial charge on any atom is -0.478 e. The van der Waals surface area contributed by atoms with E-state index >= 15 is 0 Å². The van der Waals surface area contributed by atoms with Crippen LogP contribution in [0.3, 0.4) is 0 Å². The highest BCUT2D eigenvalue weighted by molar-refractivity contribution is 5.97. The Balaban J connectivity index is 0.000000187. The van der Waals surface area contributed by atoms with Crippen LogP contribution in [0.2, 0.25) is 0 Å².